The average Bonchev–Trinajstić information content (AvgIpc) is 2.43. The maximum absolute atomic E-state index is 11.4. The smallest absolute Gasteiger partial charge is 0.322 e. The molecule has 19 heavy (non-hydrogen) atoms. The van der Waals surface area contributed by atoms with Crippen LogP contribution in [-0.4, -0.2) is 32.8 Å². The van der Waals surface area contributed by atoms with Gasteiger partial charge in [-0.05, 0) is 24.6 Å². The minimum Gasteiger partial charge on any atom is -0.493 e. The van der Waals surface area contributed by atoms with Gasteiger partial charge in [-0.1, -0.05) is 32.0 Å². The molecule has 0 spiro atoms. The highest BCUT2D eigenvalue weighted by atomic mass is 16.5. The van der Waals surface area contributed by atoms with Crippen molar-refractivity contribution >= 4 is 5.97 Å². The van der Waals surface area contributed by atoms with E-state index in [0.29, 0.717) is 18.9 Å². The van der Waals surface area contributed by atoms with Crippen molar-refractivity contribution in [3.05, 3.63) is 29.8 Å². The molecule has 4 nitrogen and oxygen atoms in total. The van der Waals surface area contributed by atoms with Crippen LogP contribution in [0.3, 0.4) is 0 Å². The van der Waals surface area contributed by atoms with Gasteiger partial charge in [0.2, 0.25) is 0 Å². The van der Waals surface area contributed by atoms with Gasteiger partial charge in [0.1, 0.15) is 11.8 Å². The molecule has 0 bridgehead atoms. The molecule has 0 fully saturated rings. The Kier molecular flexibility index (Phi) is 6.36. The van der Waals surface area contributed by atoms with E-state index in [9.17, 15) is 4.79 Å². The maximum Gasteiger partial charge on any atom is 0.322 e. The van der Waals surface area contributed by atoms with Crippen LogP contribution >= 0.6 is 0 Å². The van der Waals surface area contributed by atoms with Crippen molar-refractivity contribution in [2.75, 3.05) is 20.8 Å². The molecular formula is C15H23NO3. The molecule has 1 aromatic rings. The van der Waals surface area contributed by atoms with E-state index in [2.05, 4.69) is 25.2 Å². The molecule has 0 aliphatic rings. The number of para-hydroxylation sites is 1. The number of hydrogen-bond donors (Lipinski definition) is 1. The zero-order valence-electron chi connectivity index (χ0n) is 12.1. The normalized spacial score (nSPS) is 12.3. The maximum atomic E-state index is 11.4. The minimum absolute atomic E-state index is 0.261. The predicted molar refractivity (Wildman–Crippen MR) is 75.5 cm³/mol. The lowest BCUT2D eigenvalue weighted by Gasteiger charge is -2.16. The Morgan fingerprint density at radius 3 is 2.58 bits per heavy atom. The largest absolute Gasteiger partial charge is 0.493 e. The second kappa shape index (κ2) is 7.79. The van der Waals surface area contributed by atoms with Crippen LogP contribution in [0.25, 0.3) is 0 Å². The molecule has 1 unspecified atom stereocenters. The summed E-state index contributed by atoms with van der Waals surface area (Å²) in [5.74, 6) is 1.04. The number of benzene rings is 1. The van der Waals surface area contributed by atoms with E-state index in [1.54, 1.807) is 7.05 Å². The van der Waals surface area contributed by atoms with Gasteiger partial charge in [-0.25, -0.2) is 0 Å². The van der Waals surface area contributed by atoms with Crippen molar-refractivity contribution in [2.24, 2.45) is 0 Å². The number of rotatable bonds is 7. The molecule has 0 radical (unpaired) electrons. The van der Waals surface area contributed by atoms with Crippen LogP contribution in [0.1, 0.15) is 31.7 Å². The Balaban J connectivity index is 2.55. The van der Waals surface area contributed by atoms with Gasteiger partial charge in [0.15, 0.2) is 0 Å². The molecule has 0 saturated heterocycles. The van der Waals surface area contributed by atoms with Crippen LogP contribution in [0.4, 0.5) is 0 Å². The molecule has 1 N–H and O–H groups in total. The summed E-state index contributed by atoms with van der Waals surface area (Å²) < 4.78 is 10.5. The highest BCUT2D eigenvalue weighted by Crippen LogP contribution is 2.25. The standard InChI is InChI=1S/C15H23NO3/c1-11(2)12-7-5-6-8-14(12)19-10-9-13(16-3)15(17)18-4/h5-8,11,13,16H,9-10H2,1-4H3. The molecule has 0 aliphatic carbocycles. The number of hydrogen-bond acceptors (Lipinski definition) is 4. The van der Waals surface area contributed by atoms with Crippen LogP contribution < -0.4 is 10.1 Å². The Morgan fingerprint density at radius 1 is 1.32 bits per heavy atom. The molecule has 1 atom stereocenters. The van der Waals surface area contributed by atoms with E-state index in [4.69, 9.17) is 9.47 Å². The second-order valence-electron chi connectivity index (χ2n) is 4.69. The van der Waals surface area contributed by atoms with Gasteiger partial charge >= 0.3 is 5.97 Å². The highest BCUT2D eigenvalue weighted by molar-refractivity contribution is 5.75. The molecule has 0 aliphatic heterocycles. The van der Waals surface area contributed by atoms with Crippen molar-refractivity contribution in [1.82, 2.24) is 5.32 Å². The van der Waals surface area contributed by atoms with E-state index in [1.165, 1.54) is 12.7 Å². The number of ether oxygens (including phenoxy) is 2. The fourth-order valence-corrected chi connectivity index (χ4v) is 1.90. The summed E-state index contributed by atoms with van der Waals surface area (Å²) in [6.07, 6.45) is 0.579. The monoisotopic (exact) mass is 265 g/mol. The third-order valence-corrected chi connectivity index (χ3v) is 3.04. The van der Waals surface area contributed by atoms with Crippen molar-refractivity contribution in [3.8, 4) is 5.75 Å². The second-order valence-corrected chi connectivity index (χ2v) is 4.69. The van der Waals surface area contributed by atoms with Gasteiger partial charge in [0.25, 0.3) is 0 Å². The third-order valence-electron chi connectivity index (χ3n) is 3.04. The lowest BCUT2D eigenvalue weighted by molar-refractivity contribution is -0.143. The SMILES string of the molecule is CNC(CCOc1ccccc1C(C)C)C(=O)OC. The first-order chi connectivity index (χ1) is 9.10. The number of carbonyl (C=O) groups excluding carboxylic acids is 1. The molecule has 4 heteroatoms. The van der Waals surface area contributed by atoms with E-state index >= 15 is 0 Å². The van der Waals surface area contributed by atoms with E-state index in [0.717, 1.165) is 5.75 Å². The van der Waals surface area contributed by atoms with Crippen molar-refractivity contribution < 1.29 is 14.3 Å². The summed E-state index contributed by atoms with van der Waals surface area (Å²) in [5, 5.41) is 2.92. The number of methoxy groups -OCH3 is 1. The van der Waals surface area contributed by atoms with Crippen molar-refractivity contribution in [1.29, 1.82) is 0 Å². The number of esters is 1. The quantitative estimate of drug-likeness (QED) is 0.769. The molecule has 1 rings (SSSR count). The molecule has 0 saturated carbocycles. The van der Waals surface area contributed by atoms with Crippen molar-refractivity contribution in [2.45, 2.75) is 32.2 Å². The molecule has 106 valence electrons. The highest BCUT2D eigenvalue weighted by Gasteiger charge is 2.17. The lowest BCUT2D eigenvalue weighted by Crippen LogP contribution is -2.36. The molecule has 0 heterocycles. The summed E-state index contributed by atoms with van der Waals surface area (Å²) in [5.41, 5.74) is 1.18. The first kappa shape index (κ1) is 15.5. The topological polar surface area (TPSA) is 47.6 Å². The first-order valence-corrected chi connectivity index (χ1v) is 6.57. The number of nitrogens with one attached hydrogen (secondary N) is 1. The van der Waals surface area contributed by atoms with Gasteiger partial charge in [-0.15, -0.1) is 0 Å². The molecule has 1 aromatic carbocycles. The van der Waals surface area contributed by atoms with Crippen LogP contribution in [0.5, 0.6) is 5.75 Å². The van der Waals surface area contributed by atoms with Gasteiger partial charge < -0.3 is 14.8 Å². The molecular weight excluding hydrogens is 242 g/mol. The molecule has 0 amide bonds. The Morgan fingerprint density at radius 2 is 2.00 bits per heavy atom. The third kappa shape index (κ3) is 4.56. The minimum atomic E-state index is -0.323. The van der Waals surface area contributed by atoms with Crippen LogP contribution in [-0.2, 0) is 9.53 Å². The fourth-order valence-electron chi connectivity index (χ4n) is 1.90. The van der Waals surface area contributed by atoms with Gasteiger partial charge in [-0.3, -0.25) is 4.79 Å². The van der Waals surface area contributed by atoms with E-state index < -0.39 is 0 Å². The van der Waals surface area contributed by atoms with Crippen LogP contribution in [0.2, 0.25) is 0 Å². The van der Waals surface area contributed by atoms with E-state index in [1.807, 2.05) is 18.2 Å². The fraction of sp³-hybridized carbons (Fsp3) is 0.533. The Bertz CT molecular complexity index is 404. The summed E-state index contributed by atoms with van der Waals surface area (Å²) in [7, 11) is 3.13. The Hall–Kier alpha value is -1.55. The summed E-state index contributed by atoms with van der Waals surface area (Å²) in [4.78, 5) is 11.4. The first-order valence-electron chi connectivity index (χ1n) is 6.57. The summed E-state index contributed by atoms with van der Waals surface area (Å²) in [6.45, 7) is 4.74. The number of likely N-dealkylation sites (N-methyl/N-ethyl adjacent to an activating group) is 1. The van der Waals surface area contributed by atoms with E-state index in [-0.39, 0.29) is 12.0 Å². The van der Waals surface area contributed by atoms with Gasteiger partial charge in [0.05, 0.1) is 13.7 Å². The van der Waals surface area contributed by atoms with Gasteiger partial charge in [-0.2, -0.15) is 0 Å². The van der Waals surface area contributed by atoms with Crippen molar-refractivity contribution in [3.63, 3.8) is 0 Å². The lowest BCUT2D eigenvalue weighted by atomic mass is 10.0. The van der Waals surface area contributed by atoms with Crippen LogP contribution in [0, 0.1) is 0 Å². The Labute approximate surface area is 115 Å². The zero-order chi connectivity index (χ0) is 14.3. The van der Waals surface area contributed by atoms with Crippen LogP contribution in [0.15, 0.2) is 24.3 Å². The van der Waals surface area contributed by atoms with Gasteiger partial charge in [0, 0.05) is 6.42 Å². The number of carbonyl (C=O) groups is 1. The summed E-state index contributed by atoms with van der Waals surface area (Å²) in [6, 6.07) is 7.66. The summed E-state index contributed by atoms with van der Waals surface area (Å²) >= 11 is 0. The predicted octanol–water partition coefficient (Wildman–Crippen LogP) is 2.34. The average molecular weight is 265 g/mol. The molecule has 0 aromatic heterocycles. The zero-order valence-corrected chi connectivity index (χ0v) is 12.1.